The van der Waals surface area contributed by atoms with Crippen LogP contribution in [0.2, 0.25) is 5.02 Å². The van der Waals surface area contributed by atoms with Gasteiger partial charge < -0.3 is 14.5 Å². The highest BCUT2D eigenvalue weighted by Crippen LogP contribution is 2.28. The lowest BCUT2D eigenvalue weighted by atomic mass is 9.90. The van der Waals surface area contributed by atoms with Gasteiger partial charge in [0.2, 0.25) is 5.91 Å². The largest absolute Gasteiger partial charge is 0.490 e. The van der Waals surface area contributed by atoms with Crippen LogP contribution in [-0.2, 0) is 4.79 Å². The highest BCUT2D eigenvalue weighted by atomic mass is 35.5. The number of aryl methyl sites for hydroxylation is 1. The van der Waals surface area contributed by atoms with Crippen molar-refractivity contribution in [1.29, 1.82) is 0 Å². The van der Waals surface area contributed by atoms with Crippen molar-refractivity contribution in [2.24, 2.45) is 5.92 Å². The summed E-state index contributed by atoms with van der Waals surface area (Å²) in [7, 11) is 0. The van der Waals surface area contributed by atoms with E-state index in [0.717, 1.165) is 37.4 Å². The van der Waals surface area contributed by atoms with E-state index in [4.69, 9.17) is 16.3 Å². The van der Waals surface area contributed by atoms with Crippen LogP contribution in [0.1, 0.15) is 48.3 Å². The lowest BCUT2D eigenvalue weighted by Gasteiger charge is -2.39. The minimum absolute atomic E-state index is 0.0809. The zero-order valence-electron chi connectivity index (χ0n) is 18.5. The van der Waals surface area contributed by atoms with Gasteiger partial charge in [0.25, 0.3) is 5.91 Å². The monoisotopic (exact) mass is 455 g/mol. The number of benzene rings is 1. The molecule has 1 aromatic heterocycles. The molecule has 0 saturated carbocycles. The highest BCUT2D eigenvalue weighted by molar-refractivity contribution is 6.30. The fraction of sp³-hybridized carbons (Fsp3) is 0.480. The molecule has 6 nitrogen and oxygen atoms in total. The van der Waals surface area contributed by atoms with Crippen LogP contribution in [0, 0.1) is 12.8 Å². The summed E-state index contributed by atoms with van der Waals surface area (Å²) in [5.41, 5.74) is 1.26. The Labute approximate surface area is 194 Å². The Morgan fingerprint density at radius 3 is 2.50 bits per heavy atom. The van der Waals surface area contributed by atoms with E-state index in [9.17, 15) is 9.59 Å². The van der Waals surface area contributed by atoms with E-state index < -0.39 is 0 Å². The topological polar surface area (TPSA) is 62.7 Å². The first-order valence-corrected chi connectivity index (χ1v) is 11.8. The third-order valence-electron chi connectivity index (χ3n) is 6.31. The Bertz CT molecular complexity index is 944. The van der Waals surface area contributed by atoms with Crippen LogP contribution in [0.5, 0.6) is 5.75 Å². The van der Waals surface area contributed by atoms with Crippen molar-refractivity contribution in [3.8, 4) is 5.75 Å². The molecule has 0 aliphatic carbocycles. The molecule has 2 amide bonds. The average molecular weight is 456 g/mol. The van der Waals surface area contributed by atoms with Crippen molar-refractivity contribution < 1.29 is 14.3 Å². The van der Waals surface area contributed by atoms with E-state index in [2.05, 4.69) is 4.98 Å². The van der Waals surface area contributed by atoms with E-state index in [0.29, 0.717) is 36.6 Å². The van der Waals surface area contributed by atoms with Crippen LogP contribution in [0.25, 0.3) is 0 Å². The van der Waals surface area contributed by atoms with Gasteiger partial charge in [-0.25, -0.2) is 4.98 Å². The van der Waals surface area contributed by atoms with Crippen LogP contribution in [0.4, 0.5) is 0 Å². The molecule has 2 saturated heterocycles. The summed E-state index contributed by atoms with van der Waals surface area (Å²) in [6.07, 6.45) is 4.21. The number of hydrogen-bond donors (Lipinski definition) is 0. The standard InChI is InChI=1S/C25H30ClN3O3/c1-18-6-5-7-22(27-18)25(31)29-15-12-23(32-21-10-8-20(26)9-11-21)19(17-29)16-24(30)28-13-3-2-4-14-28/h5-11,19,23H,2-4,12-17H2,1H3/t19-,23-/m0/s1. The fourth-order valence-corrected chi connectivity index (χ4v) is 4.68. The van der Waals surface area contributed by atoms with Gasteiger partial charge in [-0.15, -0.1) is 0 Å². The summed E-state index contributed by atoms with van der Waals surface area (Å²) in [6.45, 7) is 4.57. The zero-order valence-corrected chi connectivity index (χ0v) is 19.3. The fourth-order valence-electron chi connectivity index (χ4n) is 4.56. The van der Waals surface area contributed by atoms with E-state index in [1.165, 1.54) is 6.42 Å². The molecule has 3 heterocycles. The van der Waals surface area contributed by atoms with Gasteiger partial charge in [0.15, 0.2) is 0 Å². The second-order valence-corrected chi connectivity index (χ2v) is 9.16. The van der Waals surface area contributed by atoms with Gasteiger partial charge in [-0.2, -0.15) is 0 Å². The van der Waals surface area contributed by atoms with Crippen molar-refractivity contribution in [3.05, 3.63) is 58.9 Å². The summed E-state index contributed by atoms with van der Waals surface area (Å²) < 4.78 is 6.28. The maximum Gasteiger partial charge on any atom is 0.272 e. The van der Waals surface area contributed by atoms with E-state index in [1.54, 1.807) is 18.2 Å². The lowest BCUT2D eigenvalue weighted by molar-refractivity contribution is -0.134. The molecule has 32 heavy (non-hydrogen) atoms. The quantitative estimate of drug-likeness (QED) is 0.672. The van der Waals surface area contributed by atoms with E-state index >= 15 is 0 Å². The van der Waals surface area contributed by atoms with Crippen molar-refractivity contribution in [1.82, 2.24) is 14.8 Å². The smallest absolute Gasteiger partial charge is 0.272 e. The molecule has 2 aliphatic rings. The molecule has 4 rings (SSSR count). The maximum atomic E-state index is 13.1. The highest BCUT2D eigenvalue weighted by Gasteiger charge is 2.36. The molecule has 2 aliphatic heterocycles. The number of nitrogens with zero attached hydrogens (tertiary/aromatic N) is 3. The Balaban J connectivity index is 1.49. The average Bonchev–Trinajstić information content (AvgIpc) is 2.81. The molecule has 0 radical (unpaired) electrons. The van der Waals surface area contributed by atoms with Gasteiger partial charge in [-0.1, -0.05) is 17.7 Å². The van der Waals surface area contributed by atoms with Gasteiger partial charge in [0.05, 0.1) is 0 Å². The van der Waals surface area contributed by atoms with Crippen LogP contribution in [0.15, 0.2) is 42.5 Å². The summed E-state index contributed by atoms with van der Waals surface area (Å²) >= 11 is 6.01. The summed E-state index contributed by atoms with van der Waals surface area (Å²) in [4.78, 5) is 34.3. The molecule has 2 aromatic rings. The number of carbonyl (C=O) groups is 2. The second-order valence-electron chi connectivity index (χ2n) is 8.72. The first kappa shape index (κ1) is 22.6. The summed E-state index contributed by atoms with van der Waals surface area (Å²) in [5.74, 6) is 0.717. The van der Waals surface area contributed by atoms with Crippen molar-refractivity contribution in [3.63, 3.8) is 0 Å². The normalized spacial score (nSPS) is 21.3. The number of likely N-dealkylation sites (tertiary alicyclic amines) is 2. The number of hydrogen-bond acceptors (Lipinski definition) is 4. The molecule has 1 aromatic carbocycles. The Hall–Kier alpha value is -2.60. The Morgan fingerprint density at radius 2 is 1.78 bits per heavy atom. The first-order valence-electron chi connectivity index (χ1n) is 11.4. The third kappa shape index (κ3) is 5.60. The predicted octanol–water partition coefficient (Wildman–Crippen LogP) is 4.36. The molecular weight excluding hydrogens is 426 g/mol. The number of rotatable bonds is 5. The van der Waals surface area contributed by atoms with Gasteiger partial charge in [-0.3, -0.25) is 9.59 Å². The molecule has 170 valence electrons. The number of ether oxygens (including phenoxy) is 1. The van der Waals surface area contributed by atoms with Crippen LogP contribution in [-0.4, -0.2) is 58.9 Å². The predicted molar refractivity (Wildman–Crippen MR) is 124 cm³/mol. The van der Waals surface area contributed by atoms with Gasteiger partial charge in [-0.05, 0) is 62.6 Å². The minimum atomic E-state index is -0.139. The van der Waals surface area contributed by atoms with Crippen LogP contribution >= 0.6 is 11.6 Å². The molecule has 0 unspecified atom stereocenters. The third-order valence-corrected chi connectivity index (χ3v) is 6.56. The minimum Gasteiger partial charge on any atom is -0.490 e. The van der Waals surface area contributed by atoms with Crippen LogP contribution < -0.4 is 4.74 Å². The van der Waals surface area contributed by atoms with Crippen molar-refractivity contribution in [2.75, 3.05) is 26.2 Å². The number of amides is 2. The van der Waals surface area contributed by atoms with Gasteiger partial charge in [0, 0.05) is 55.7 Å². The molecule has 2 fully saturated rings. The van der Waals surface area contributed by atoms with Crippen LogP contribution in [0.3, 0.4) is 0 Å². The SMILES string of the molecule is Cc1cccc(C(=O)N2CC[C@H](Oc3ccc(Cl)cc3)[C@@H](CC(=O)N3CCCCC3)C2)n1. The summed E-state index contributed by atoms with van der Waals surface area (Å²) in [5, 5.41) is 0.653. The van der Waals surface area contributed by atoms with E-state index in [-0.39, 0.29) is 23.8 Å². The molecule has 2 atom stereocenters. The number of carbonyl (C=O) groups excluding carboxylic acids is 2. The van der Waals surface area contributed by atoms with Gasteiger partial charge in [0.1, 0.15) is 17.5 Å². The number of halogens is 1. The van der Waals surface area contributed by atoms with Crippen molar-refractivity contribution >= 4 is 23.4 Å². The Morgan fingerprint density at radius 1 is 1.03 bits per heavy atom. The second kappa shape index (κ2) is 10.3. The molecule has 0 bridgehead atoms. The zero-order chi connectivity index (χ0) is 22.5. The molecule has 0 spiro atoms. The Kier molecular flexibility index (Phi) is 7.30. The maximum absolute atomic E-state index is 13.1. The van der Waals surface area contributed by atoms with Gasteiger partial charge >= 0.3 is 0 Å². The molecule has 0 N–H and O–H groups in total. The van der Waals surface area contributed by atoms with E-state index in [1.807, 2.05) is 41.0 Å². The number of pyridine rings is 1. The number of aromatic nitrogens is 1. The number of piperidine rings is 2. The van der Waals surface area contributed by atoms with Crippen molar-refractivity contribution in [2.45, 2.75) is 45.1 Å². The first-order chi connectivity index (χ1) is 15.5. The lowest BCUT2D eigenvalue weighted by Crippen LogP contribution is -2.50. The molecular formula is C25H30ClN3O3. The summed E-state index contributed by atoms with van der Waals surface area (Å²) in [6, 6.07) is 12.8. The molecule has 7 heteroatoms.